The van der Waals surface area contributed by atoms with E-state index < -0.39 is 0 Å². The van der Waals surface area contributed by atoms with Crippen molar-refractivity contribution in [3.05, 3.63) is 0 Å². The maximum Gasteiger partial charge on any atom is 0.323 e. The van der Waals surface area contributed by atoms with Gasteiger partial charge >= 0.3 is 5.97 Å². The first-order valence-electron chi connectivity index (χ1n) is 7.02. The van der Waals surface area contributed by atoms with Gasteiger partial charge in [-0.25, -0.2) is 0 Å². The molecule has 1 aliphatic carbocycles. The molecule has 98 valence electrons. The first-order valence-corrected chi connectivity index (χ1v) is 7.02. The third-order valence-electron chi connectivity index (χ3n) is 4.47. The molecule has 3 heteroatoms. The highest BCUT2D eigenvalue weighted by atomic mass is 16.5. The Hall–Kier alpha value is -0.570. The summed E-state index contributed by atoms with van der Waals surface area (Å²) in [5.41, 5.74) is 0. The van der Waals surface area contributed by atoms with E-state index in [2.05, 4.69) is 11.8 Å². The third kappa shape index (κ3) is 3.21. The van der Waals surface area contributed by atoms with Gasteiger partial charge < -0.3 is 4.74 Å². The Morgan fingerprint density at radius 1 is 1.35 bits per heavy atom. The Bertz CT molecular complexity index is 267. The van der Waals surface area contributed by atoms with Gasteiger partial charge in [0.15, 0.2) is 0 Å². The number of methoxy groups -OCH3 is 1. The van der Waals surface area contributed by atoms with Crippen LogP contribution in [0.15, 0.2) is 0 Å². The molecule has 0 amide bonds. The lowest BCUT2D eigenvalue weighted by Crippen LogP contribution is -2.53. The summed E-state index contributed by atoms with van der Waals surface area (Å²) in [6.07, 6.45) is 7.82. The number of hydrogen-bond donors (Lipinski definition) is 0. The van der Waals surface area contributed by atoms with Crippen molar-refractivity contribution in [2.24, 2.45) is 11.8 Å². The zero-order valence-electron chi connectivity index (χ0n) is 11.2. The van der Waals surface area contributed by atoms with E-state index in [1.807, 2.05) is 0 Å². The SMILES string of the molecule is COC(=O)C1CCN1CCC1CCCC(C)C1. The predicted octanol–water partition coefficient (Wildman–Crippen LogP) is 2.45. The molecule has 17 heavy (non-hydrogen) atoms. The summed E-state index contributed by atoms with van der Waals surface area (Å²) < 4.78 is 4.81. The number of carbonyl (C=O) groups excluding carboxylic acids is 1. The van der Waals surface area contributed by atoms with Crippen LogP contribution in [0, 0.1) is 11.8 Å². The average molecular weight is 239 g/mol. The number of rotatable bonds is 4. The summed E-state index contributed by atoms with van der Waals surface area (Å²) in [6.45, 7) is 4.52. The van der Waals surface area contributed by atoms with Crippen LogP contribution >= 0.6 is 0 Å². The van der Waals surface area contributed by atoms with Crippen molar-refractivity contribution in [3.8, 4) is 0 Å². The molecule has 0 aromatic heterocycles. The largest absolute Gasteiger partial charge is 0.468 e. The van der Waals surface area contributed by atoms with Crippen molar-refractivity contribution in [1.29, 1.82) is 0 Å². The lowest BCUT2D eigenvalue weighted by Gasteiger charge is -2.40. The van der Waals surface area contributed by atoms with Crippen molar-refractivity contribution >= 4 is 5.97 Å². The Morgan fingerprint density at radius 2 is 2.18 bits per heavy atom. The Morgan fingerprint density at radius 3 is 2.76 bits per heavy atom. The van der Waals surface area contributed by atoms with Crippen LogP contribution in [0.3, 0.4) is 0 Å². The molecule has 3 nitrogen and oxygen atoms in total. The fourth-order valence-corrected chi connectivity index (χ4v) is 3.28. The van der Waals surface area contributed by atoms with Crippen molar-refractivity contribution < 1.29 is 9.53 Å². The summed E-state index contributed by atoms with van der Waals surface area (Å²) in [5, 5.41) is 0. The first kappa shape index (κ1) is 12.9. The van der Waals surface area contributed by atoms with Gasteiger partial charge in [-0.1, -0.05) is 26.2 Å². The molecule has 0 aromatic rings. The second-order valence-corrected chi connectivity index (χ2v) is 5.79. The monoisotopic (exact) mass is 239 g/mol. The van der Waals surface area contributed by atoms with E-state index in [1.165, 1.54) is 39.2 Å². The second kappa shape index (κ2) is 5.85. The highest BCUT2D eigenvalue weighted by Gasteiger charge is 2.34. The zero-order valence-corrected chi connectivity index (χ0v) is 11.2. The lowest BCUT2D eigenvalue weighted by molar-refractivity contribution is -0.152. The molecule has 2 rings (SSSR count). The molecule has 0 bridgehead atoms. The smallest absolute Gasteiger partial charge is 0.323 e. The van der Waals surface area contributed by atoms with Crippen LogP contribution in [0.4, 0.5) is 0 Å². The molecule has 1 saturated carbocycles. The predicted molar refractivity (Wildman–Crippen MR) is 67.7 cm³/mol. The standard InChI is InChI=1S/C14H25NO2/c1-11-4-3-5-12(10-11)6-8-15-9-7-13(15)14(16)17-2/h11-13H,3-10H2,1-2H3. The summed E-state index contributed by atoms with van der Waals surface area (Å²) in [5.74, 6) is 1.74. The van der Waals surface area contributed by atoms with E-state index in [9.17, 15) is 4.79 Å². The second-order valence-electron chi connectivity index (χ2n) is 5.79. The van der Waals surface area contributed by atoms with E-state index in [-0.39, 0.29) is 12.0 Å². The molecular formula is C14H25NO2. The van der Waals surface area contributed by atoms with Crippen molar-refractivity contribution in [2.75, 3.05) is 20.2 Å². The van der Waals surface area contributed by atoms with Gasteiger partial charge in [0.2, 0.25) is 0 Å². The van der Waals surface area contributed by atoms with E-state index in [0.717, 1.165) is 31.3 Å². The molecule has 0 N–H and O–H groups in total. The average Bonchev–Trinajstić information content (AvgIpc) is 2.27. The minimum Gasteiger partial charge on any atom is -0.468 e. The molecule has 0 spiro atoms. The van der Waals surface area contributed by atoms with Crippen molar-refractivity contribution in [2.45, 2.75) is 51.5 Å². The maximum atomic E-state index is 11.4. The Labute approximate surface area is 105 Å². The molecule has 0 radical (unpaired) electrons. The maximum absolute atomic E-state index is 11.4. The van der Waals surface area contributed by atoms with Crippen LogP contribution in [-0.2, 0) is 9.53 Å². The molecule has 2 aliphatic rings. The number of nitrogens with zero attached hydrogens (tertiary/aromatic N) is 1. The fourth-order valence-electron chi connectivity index (χ4n) is 3.28. The van der Waals surface area contributed by atoms with E-state index in [1.54, 1.807) is 0 Å². The van der Waals surface area contributed by atoms with Crippen LogP contribution in [-0.4, -0.2) is 37.1 Å². The quantitative estimate of drug-likeness (QED) is 0.706. The number of likely N-dealkylation sites (tertiary alicyclic amines) is 1. The molecule has 1 heterocycles. The fraction of sp³-hybridized carbons (Fsp3) is 0.929. The molecule has 3 atom stereocenters. The van der Waals surface area contributed by atoms with Crippen molar-refractivity contribution in [3.63, 3.8) is 0 Å². The third-order valence-corrected chi connectivity index (χ3v) is 4.47. The first-order chi connectivity index (χ1) is 8.20. The van der Waals surface area contributed by atoms with E-state index >= 15 is 0 Å². The van der Waals surface area contributed by atoms with Gasteiger partial charge in [0.1, 0.15) is 6.04 Å². The molecular weight excluding hydrogens is 214 g/mol. The zero-order chi connectivity index (χ0) is 12.3. The summed E-state index contributed by atoms with van der Waals surface area (Å²) in [6, 6.07) is 0.0565. The van der Waals surface area contributed by atoms with Gasteiger partial charge in [-0.3, -0.25) is 9.69 Å². The van der Waals surface area contributed by atoms with Crippen LogP contribution in [0.5, 0.6) is 0 Å². The topological polar surface area (TPSA) is 29.5 Å². The minimum atomic E-state index is -0.0479. The van der Waals surface area contributed by atoms with Gasteiger partial charge in [0.25, 0.3) is 0 Å². The van der Waals surface area contributed by atoms with Gasteiger partial charge in [-0.2, -0.15) is 0 Å². The molecule has 2 fully saturated rings. The van der Waals surface area contributed by atoms with E-state index in [4.69, 9.17) is 4.74 Å². The van der Waals surface area contributed by atoms with Crippen molar-refractivity contribution in [1.82, 2.24) is 4.90 Å². The van der Waals surface area contributed by atoms with Crippen LogP contribution in [0.1, 0.15) is 45.4 Å². The minimum absolute atomic E-state index is 0.0479. The van der Waals surface area contributed by atoms with Crippen LogP contribution < -0.4 is 0 Å². The normalized spacial score (nSPS) is 34.1. The van der Waals surface area contributed by atoms with Gasteiger partial charge in [0.05, 0.1) is 7.11 Å². The number of carbonyl (C=O) groups is 1. The van der Waals surface area contributed by atoms with E-state index in [0.29, 0.717) is 0 Å². The number of ether oxygens (including phenoxy) is 1. The lowest BCUT2D eigenvalue weighted by atomic mass is 9.80. The summed E-state index contributed by atoms with van der Waals surface area (Å²) >= 11 is 0. The van der Waals surface area contributed by atoms with Gasteiger partial charge in [-0.05, 0) is 37.6 Å². The Balaban J connectivity index is 1.69. The summed E-state index contributed by atoms with van der Waals surface area (Å²) in [4.78, 5) is 13.7. The molecule has 0 aromatic carbocycles. The number of hydrogen-bond acceptors (Lipinski definition) is 3. The highest BCUT2D eigenvalue weighted by Crippen LogP contribution is 2.31. The molecule has 3 unspecified atom stereocenters. The Kier molecular flexibility index (Phi) is 4.43. The van der Waals surface area contributed by atoms with Crippen LogP contribution in [0.25, 0.3) is 0 Å². The summed E-state index contributed by atoms with van der Waals surface area (Å²) in [7, 11) is 1.49. The number of esters is 1. The van der Waals surface area contributed by atoms with Crippen LogP contribution in [0.2, 0.25) is 0 Å². The highest BCUT2D eigenvalue weighted by molar-refractivity contribution is 5.76. The molecule has 1 saturated heterocycles. The van der Waals surface area contributed by atoms with Gasteiger partial charge in [-0.15, -0.1) is 0 Å². The van der Waals surface area contributed by atoms with Gasteiger partial charge in [0, 0.05) is 6.54 Å². The molecule has 1 aliphatic heterocycles.